The van der Waals surface area contributed by atoms with Crippen LogP contribution in [0.25, 0.3) is 0 Å². The van der Waals surface area contributed by atoms with Gasteiger partial charge < -0.3 is 10.4 Å². The van der Waals surface area contributed by atoms with Crippen LogP contribution in [0.5, 0.6) is 0 Å². The van der Waals surface area contributed by atoms with E-state index in [1.807, 2.05) is 0 Å². The molecular weight excluding hydrogens is 216 g/mol. The fourth-order valence-corrected chi connectivity index (χ4v) is 0.795. The van der Waals surface area contributed by atoms with Crippen LogP contribution in [0.1, 0.15) is 0 Å². The fraction of sp³-hybridized carbons (Fsp3) is 0.333. The third kappa shape index (κ3) is 1.82. The molecule has 1 aliphatic rings. The van der Waals surface area contributed by atoms with Crippen molar-refractivity contribution in [2.24, 2.45) is 15.4 Å². The lowest BCUT2D eigenvalue weighted by Crippen LogP contribution is -2.42. The Morgan fingerprint density at radius 2 is 1.73 bits per heavy atom. The number of nitrogens with zero attached hydrogens (tertiary/aromatic N) is 6. The van der Waals surface area contributed by atoms with Crippen molar-refractivity contribution in [1.29, 1.82) is 0 Å². The molecule has 0 bridgehead atoms. The molecule has 15 heavy (non-hydrogen) atoms. The minimum absolute atomic E-state index is 0.630. The summed E-state index contributed by atoms with van der Waals surface area (Å²) in [5.74, 6) is -0.867. The Balaban J connectivity index is 3.13. The summed E-state index contributed by atoms with van der Waals surface area (Å²) >= 11 is 0. The lowest BCUT2D eigenvalue weighted by Gasteiger charge is -1.96. The van der Waals surface area contributed by atoms with Crippen LogP contribution in [0, 0.1) is 20.2 Å². The summed E-state index contributed by atoms with van der Waals surface area (Å²) in [6, 6.07) is 0. The van der Waals surface area contributed by atoms with Crippen LogP contribution >= 0.6 is 0 Å². The Hall–Kier alpha value is -2.66. The summed E-state index contributed by atoms with van der Waals surface area (Å²) in [6.45, 7) is 0. The molecule has 1 heterocycles. The molecule has 0 radical (unpaired) electrons. The molecule has 0 spiro atoms. The standard InChI is InChI=1S/C3H3N6O6/c10-7(11)2-1(4-6-5-2)3(8(12)13)9(14)15/h3,10-11H/q+1. The molecule has 0 aliphatic carbocycles. The summed E-state index contributed by atoms with van der Waals surface area (Å²) in [4.78, 5) is 17.4. The van der Waals surface area contributed by atoms with E-state index in [-0.39, 0.29) is 0 Å². The van der Waals surface area contributed by atoms with E-state index < -0.39 is 32.5 Å². The maximum absolute atomic E-state index is 10.3. The molecule has 0 fully saturated rings. The predicted molar refractivity (Wildman–Crippen MR) is 38.9 cm³/mol. The first-order valence-corrected chi connectivity index (χ1v) is 3.26. The number of amidine groups is 1. The second kappa shape index (κ2) is 3.60. The second-order valence-corrected chi connectivity index (χ2v) is 2.23. The van der Waals surface area contributed by atoms with Crippen LogP contribution in [0.3, 0.4) is 0 Å². The van der Waals surface area contributed by atoms with E-state index in [1.54, 1.807) is 0 Å². The minimum Gasteiger partial charge on any atom is -0.317 e. The summed E-state index contributed by atoms with van der Waals surface area (Å²) < 4.78 is 0. The molecule has 0 amide bonds. The zero-order chi connectivity index (χ0) is 11.6. The van der Waals surface area contributed by atoms with E-state index in [0.29, 0.717) is 0 Å². The lowest BCUT2D eigenvalue weighted by molar-refractivity contribution is -0.955. The van der Waals surface area contributed by atoms with E-state index in [2.05, 4.69) is 15.4 Å². The van der Waals surface area contributed by atoms with Gasteiger partial charge in [-0.15, -0.1) is 0 Å². The molecule has 0 unspecified atom stereocenters. The first-order valence-electron chi connectivity index (χ1n) is 3.26. The van der Waals surface area contributed by atoms with E-state index in [1.165, 1.54) is 0 Å². The van der Waals surface area contributed by atoms with Gasteiger partial charge in [-0.05, 0) is 0 Å². The molecular formula is C3H3N6O6+. The van der Waals surface area contributed by atoms with E-state index in [9.17, 15) is 20.2 Å². The van der Waals surface area contributed by atoms with Crippen molar-refractivity contribution in [2.75, 3.05) is 0 Å². The smallest absolute Gasteiger partial charge is 0.317 e. The topological polar surface area (TPSA) is 167 Å². The lowest BCUT2D eigenvalue weighted by atomic mass is 10.3. The average Bonchev–Trinajstić information content (AvgIpc) is 2.51. The third-order valence-electron chi connectivity index (χ3n) is 1.35. The van der Waals surface area contributed by atoms with Crippen LogP contribution < -0.4 is 0 Å². The van der Waals surface area contributed by atoms with Gasteiger partial charge in [0.05, 0.1) is 5.22 Å². The van der Waals surface area contributed by atoms with Crippen molar-refractivity contribution in [3.8, 4) is 0 Å². The first kappa shape index (κ1) is 10.4. The molecule has 0 aromatic rings. The largest absolute Gasteiger partial charge is 0.503 e. The van der Waals surface area contributed by atoms with E-state index >= 15 is 0 Å². The fourth-order valence-electron chi connectivity index (χ4n) is 0.795. The van der Waals surface area contributed by atoms with Gasteiger partial charge in [-0.3, -0.25) is 20.2 Å². The highest BCUT2D eigenvalue weighted by Gasteiger charge is 2.51. The van der Waals surface area contributed by atoms with Gasteiger partial charge in [-0.2, -0.15) is 0 Å². The predicted octanol–water partition coefficient (Wildman–Crippen LogP) is -1.12. The quantitative estimate of drug-likeness (QED) is 0.263. The maximum atomic E-state index is 10.3. The van der Waals surface area contributed by atoms with Gasteiger partial charge in [0.15, 0.2) is 0 Å². The summed E-state index contributed by atoms with van der Waals surface area (Å²) in [7, 11) is 0. The number of hydrogen-bond donors (Lipinski definition) is 2. The molecule has 12 nitrogen and oxygen atoms in total. The zero-order valence-electron chi connectivity index (χ0n) is 6.79. The third-order valence-corrected chi connectivity index (χ3v) is 1.35. The molecule has 12 heteroatoms. The SMILES string of the molecule is O=[N+]([O-])C(C1=NN=NC1=[N+](O)O)[N+](=O)[O-]. The average molecular weight is 219 g/mol. The Morgan fingerprint density at radius 3 is 2.13 bits per heavy atom. The van der Waals surface area contributed by atoms with Crippen molar-refractivity contribution in [1.82, 2.24) is 0 Å². The van der Waals surface area contributed by atoms with Crippen molar-refractivity contribution in [3.05, 3.63) is 20.2 Å². The Kier molecular flexibility index (Phi) is 2.50. The number of nitro groups is 2. The van der Waals surface area contributed by atoms with Gasteiger partial charge in [-0.1, -0.05) is 5.10 Å². The van der Waals surface area contributed by atoms with Gasteiger partial charge in [0, 0.05) is 0 Å². The Morgan fingerprint density at radius 1 is 1.20 bits per heavy atom. The molecule has 0 aromatic carbocycles. The zero-order valence-corrected chi connectivity index (χ0v) is 6.79. The molecule has 1 rings (SSSR count). The highest BCUT2D eigenvalue weighted by Crippen LogP contribution is 2.06. The molecule has 1 aliphatic heterocycles. The second-order valence-electron chi connectivity index (χ2n) is 2.23. The molecule has 0 aromatic heterocycles. The number of rotatable bonds is 3. The monoisotopic (exact) mass is 219 g/mol. The highest BCUT2D eigenvalue weighted by atomic mass is 16.8. The van der Waals surface area contributed by atoms with Crippen LogP contribution in [-0.2, 0) is 0 Å². The highest BCUT2D eigenvalue weighted by molar-refractivity contribution is 6.41. The molecule has 0 saturated heterocycles. The van der Waals surface area contributed by atoms with E-state index in [0.717, 1.165) is 0 Å². The molecule has 0 saturated carbocycles. The molecule has 0 atom stereocenters. The normalized spacial score (nSPS) is 14.2. The van der Waals surface area contributed by atoms with Gasteiger partial charge in [0.1, 0.15) is 19.9 Å². The summed E-state index contributed by atoms with van der Waals surface area (Å²) in [5.41, 5.74) is -0.866. The summed E-state index contributed by atoms with van der Waals surface area (Å²) in [5, 5.41) is 46.4. The van der Waals surface area contributed by atoms with Crippen LogP contribution in [0.2, 0.25) is 0 Å². The summed E-state index contributed by atoms with van der Waals surface area (Å²) in [6.07, 6.45) is -2.45. The van der Waals surface area contributed by atoms with Crippen LogP contribution in [0.4, 0.5) is 0 Å². The van der Waals surface area contributed by atoms with Crippen molar-refractivity contribution in [3.63, 3.8) is 0 Å². The van der Waals surface area contributed by atoms with E-state index in [4.69, 9.17) is 10.4 Å². The first-order chi connectivity index (χ1) is 6.95. The molecule has 80 valence electrons. The Labute approximate surface area is 79.7 Å². The van der Waals surface area contributed by atoms with Gasteiger partial charge in [-0.25, -0.2) is 0 Å². The number of hydrogen-bond acceptors (Lipinski definition) is 8. The Bertz CT molecular complexity index is 391. The van der Waals surface area contributed by atoms with Crippen LogP contribution in [-0.4, -0.2) is 42.9 Å². The maximum Gasteiger partial charge on any atom is 0.503 e. The molecule has 2 N–H and O–H groups in total. The minimum atomic E-state index is -2.45. The van der Waals surface area contributed by atoms with Gasteiger partial charge in [0.2, 0.25) is 0 Å². The van der Waals surface area contributed by atoms with Gasteiger partial charge in [0.25, 0.3) is 0 Å². The van der Waals surface area contributed by atoms with Crippen LogP contribution in [0.15, 0.2) is 15.4 Å². The van der Waals surface area contributed by atoms with Crippen molar-refractivity contribution in [2.45, 2.75) is 6.17 Å². The van der Waals surface area contributed by atoms with Crippen molar-refractivity contribution < 1.29 is 25.2 Å². The van der Waals surface area contributed by atoms with Gasteiger partial charge >= 0.3 is 17.7 Å². The van der Waals surface area contributed by atoms with Crippen molar-refractivity contribution >= 4 is 11.5 Å².